The summed E-state index contributed by atoms with van der Waals surface area (Å²) in [6.45, 7) is 2.10. The Kier molecular flexibility index (Phi) is 5.27. The number of benzene rings is 1. The number of rotatable bonds is 4. The molecule has 0 bridgehead atoms. The van der Waals surface area contributed by atoms with Crippen molar-refractivity contribution in [3.63, 3.8) is 0 Å². The lowest BCUT2D eigenvalue weighted by atomic mass is 9.88. The molecule has 1 aliphatic heterocycles. The lowest BCUT2D eigenvalue weighted by Crippen LogP contribution is -2.29. The highest BCUT2D eigenvalue weighted by Crippen LogP contribution is 2.37. The van der Waals surface area contributed by atoms with E-state index in [-0.39, 0.29) is 11.8 Å². The molecule has 1 aliphatic rings. The van der Waals surface area contributed by atoms with Gasteiger partial charge in [-0.1, -0.05) is 6.07 Å². The van der Waals surface area contributed by atoms with Crippen molar-refractivity contribution in [2.75, 3.05) is 37.8 Å². The van der Waals surface area contributed by atoms with Gasteiger partial charge in [0, 0.05) is 25.7 Å². The molecular formula is C20H24F3N7. The Labute approximate surface area is 172 Å². The minimum absolute atomic E-state index is 0.0875. The van der Waals surface area contributed by atoms with Crippen LogP contribution in [0.15, 0.2) is 24.5 Å². The molecule has 3 heterocycles. The largest absolute Gasteiger partial charge is 0.421 e. The maximum Gasteiger partial charge on any atom is 0.421 e. The molecule has 2 N–H and O–H groups in total. The monoisotopic (exact) mass is 419 g/mol. The molecule has 0 radical (unpaired) electrons. The Balaban J connectivity index is 1.69. The zero-order valence-electron chi connectivity index (χ0n) is 17.1. The molecule has 0 spiro atoms. The summed E-state index contributed by atoms with van der Waals surface area (Å²) in [4.78, 5) is 10.2. The average Bonchev–Trinajstić information content (AvgIpc) is 3.10. The number of hydrogen-bond acceptors (Lipinski definition) is 6. The fraction of sp³-hybridized carbons (Fsp3) is 0.450. The highest BCUT2D eigenvalue weighted by atomic mass is 19.4. The second-order valence-corrected chi connectivity index (χ2v) is 7.64. The topological polar surface area (TPSA) is 70.9 Å². The first-order chi connectivity index (χ1) is 14.3. The number of fused-ring (bicyclic) bond motifs is 1. The fourth-order valence-electron chi connectivity index (χ4n) is 4.04. The van der Waals surface area contributed by atoms with E-state index in [9.17, 15) is 13.2 Å². The molecular weight excluding hydrogens is 395 g/mol. The number of aryl methyl sites for hydroxylation is 1. The van der Waals surface area contributed by atoms with Crippen molar-refractivity contribution in [3.8, 4) is 0 Å². The summed E-state index contributed by atoms with van der Waals surface area (Å²) < 4.78 is 41.1. The van der Waals surface area contributed by atoms with Crippen molar-refractivity contribution in [2.45, 2.75) is 24.9 Å². The van der Waals surface area contributed by atoms with E-state index < -0.39 is 11.7 Å². The summed E-state index contributed by atoms with van der Waals surface area (Å²) in [6.07, 6.45) is 0.186. The number of nitrogens with one attached hydrogen (secondary N) is 2. The molecule has 1 saturated heterocycles. The van der Waals surface area contributed by atoms with E-state index in [0.717, 1.165) is 43.0 Å². The van der Waals surface area contributed by atoms with Gasteiger partial charge in [-0.2, -0.15) is 23.3 Å². The van der Waals surface area contributed by atoms with E-state index in [0.29, 0.717) is 11.6 Å². The number of alkyl halides is 3. The molecule has 10 heteroatoms. The van der Waals surface area contributed by atoms with Crippen molar-refractivity contribution in [3.05, 3.63) is 35.7 Å². The van der Waals surface area contributed by atoms with Crippen LogP contribution < -0.4 is 10.6 Å². The van der Waals surface area contributed by atoms with Crippen molar-refractivity contribution in [1.29, 1.82) is 0 Å². The van der Waals surface area contributed by atoms with Gasteiger partial charge in [0.2, 0.25) is 5.95 Å². The number of anilines is 3. The first kappa shape index (κ1) is 20.4. The zero-order chi connectivity index (χ0) is 21.5. The SMILES string of the molecule is CNc1nc(Nc2ccc(C3CCN(C)CC3)c3c2cnn3C)ncc1C(F)(F)F. The van der Waals surface area contributed by atoms with Crippen molar-refractivity contribution < 1.29 is 13.2 Å². The Morgan fingerprint density at radius 3 is 2.50 bits per heavy atom. The minimum atomic E-state index is -4.52. The zero-order valence-corrected chi connectivity index (χ0v) is 17.1. The van der Waals surface area contributed by atoms with Crippen molar-refractivity contribution >= 4 is 28.4 Å². The molecule has 4 rings (SSSR count). The van der Waals surface area contributed by atoms with Gasteiger partial charge < -0.3 is 15.5 Å². The molecule has 1 fully saturated rings. The molecule has 1 aromatic carbocycles. The molecule has 0 unspecified atom stereocenters. The van der Waals surface area contributed by atoms with E-state index >= 15 is 0 Å². The number of piperidine rings is 1. The summed E-state index contributed by atoms with van der Waals surface area (Å²) in [7, 11) is 5.43. The first-order valence-corrected chi connectivity index (χ1v) is 9.80. The van der Waals surface area contributed by atoms with Crippen LogP contribution in [0, 0.1) is 0 Å². The van der Waals surface area contributed by atoms with Crippen LogP contribution in [0.25, 0.3) is 10.9 Å². The van der Waals surface area contributed by atoms with Crippen molar-refractivity contribution in [1.82, 2.24) is 24.6 Å². The first-order valence-electron chi connectivity index (χ1n) is 9.80. The molecule has 7 nitrogen and oxygen atoms in total. The standard InChI is InChI=1S/C20H24F3N7/c1-24-18-15(20(21,22)23)11-25-19(28-18)27-16-5-4-13(12-6-8-29(2)9-7-12)17-14(16)10-26-30(17)3/h4-5,10-12H,6-9H2,1-3H3,(H2,24,25,27,28). The lowest BCUT2D eigenvalue weighted by molar-refractivity contribution is -0.137. The summed E-state index contributed by atoms with van der Waals surface area (Å²) in [5, 5.41) is 10.9. The van der Waals surface area contributed by atoms with Gasteiger partial charge in [-0.3, -0.25) is 4.68 Å². The van der Waals surface area contributed by atoms with Gasteiger partial charge in [0.1, 0.15) is 11.4 Å². The van der Waals surface area contributed by atoms with E-state index in [1.165, 1.54) is 12.6 Å². The van der Waals surface area contributed by atoms with Crippen LogP contribution in [0.4, 0.5) is 30.6 Å². The predicted molar refractivity (Wildman–Crippen MR) is 110 cm³/mol. The second kappa shape index (κ2) is 7.75. The number of halogens is 3. The van der Waals surface area contributed by atoms with E-state index in [1.54, 1.807) is 6.20 Å². The molecule has 3 aromatic rings. The quantitative estimate of drug-likeness (QED) is 0.667. The van der Waals surface area contributed by atoms with Crippen molar-refractivity contribution in [2.24, 2.45) is 7.05 Å². The summed E-state index contributed by atoms with van der Waals surface area (Å²) in [6, 6.07) is 4.00. The van der Waals surface area contributed by atoms with Crippen LogP contribution in [0.3, 0.4) is 0 Å². The molecule has 2 aromatic heterocycles. The maximum absolute atomic E-state index is 13.1. The van der Waals surface area contributed by atoms with Gasteiger partial charge in [-0.25, -0.2) is 4.98 Å². The predicted octanol–water partition coefficient (Wildman–Crippen LogP) is 3.98. The van der Waals surface area contributed by atoms with Crippen LogP contribution in [-0.2, 0) is 13.2 Å². The Bertz CT molecular complexity index is 1050. The number of aromatic nitrogens is 4. The minimum Gasteiger partial charge on any atom is -0.372 e. The van der Waals surface area contributed by atoms with Gasteiger partial charge in [-0.15, -0.1) is 0 Å². The molecule has 0 saturated carbocycles. The molecule has 30 heavy (non-hydrogen) atoms. The smallest absolute Gasteiger partial charge is 0.372 e. The van der Waals surface area contributed by atoms with E-state index in [4.69, 9.17) is 0 Å². The van der Waals surface area contributed by atoms with Crippen LogP contribution in [0.5, 0.6) is 0 Å². The van der Waals surface area contributed by atoms with Crippen LogP contribution >= 0.6 is 0 Å². The molecule has 0 atom stereocenters. The summed E-state index contributed by atoms with van der Waals surface area (Å²) >= 11 is 0. The van der Waals surface area contributed by atoms with E-state index in [2.05, 4.69) is 43.7 Å². The van der Waals surface area contributed by atoms with Gasteiger partial charge in [-0.05, 0) is 50.5 Å². The highest BCUT2D eigenvalue weighted by molar-refractivity contribution is 5.95. The summed E-state index contributed by atoms with van der Waals surface area (Å²) in [5.74, 6) is 0.265. The van der Waals surface area contributed by atoms with E-state index in [1.807, 2.05) is 17.8 Å². The van der Waals surface area contributed by atoms with Crippen LogP contribution in [-0.4, -0.2) is 51.8 Å². The van der Waals surface area contributed by atoms with Gasteiger partial charge in [0.05, 0.1) is 17.4 Å². The molecule has 0 aliphatic carbocycles. The maximum atomic E-state index is 13.1. The third kappa shape index (κ3) is 3.79. The molecule has 160 valence electrons. The summed E-state index contributed by atoms with van der Waals surface area (Å²) in [5.41, 5.74) is 2.07. The lowest BCUT2D eigenvalue weighted by Gasteiger charge is -2.29. The highest BCUT2D eigenvalue weighted by Gasteiger charge is 2.35. The van der Waals surface area contributed by atoms with Gasteiger partial charge in [0.25, 0.3) is 0 Å². The average molecular weight is 419 g/mol. The van der Waals surface area contributed by atoms with Crippen LogP contribution in [0.1, 0.15) is 29.9 Å². The normalized spacial score (nSPS) is 16.2. The fourth-order valence-corrected chi connectivity index (χ4v) is 4.04. The number of hydrogen-bond donors (Lipinski definition) is 2. The number of likely N-dealkylation sites (tertiary alicyclic amines) is 1. The van der Waals surface area contributed by atoms with Gasteiger partial charge in [0.15, 0.2) is 0 Å². The third-order valence-corrected chi connectivity index (χ3v) is 5.67. The van der Waals surface area contributed by atoms with Crippen LogP contribution in [0.2, 0.25) is 0 Å². The number of nitrogens with zero attached hydrogens (tertiary/aromatic N) is 5. The Morgan fingerprint density at radius 1 is 1.10 bits per heavy atom. The molecule has 0 amide bonds. The second-order valence-electron chi connectivity index (χ2n) is 7.64. The third-order valence-electron chi connectivity index (χ3n) is 5.67. The Hall–Kier alpha value is -2.88. The van der Waals surface area contributed by atoms with Gasteiger partial charge >= 0.3 is 6.18 Å². The Morgan fingerprint density at radius 2 is 1.83 bits per heavy atom.